The lowest BCUT2D eigenvalue weighted by Crippen LogP contribution is -2.71. The van der Waals surface area contributed by atoms with Crippen LogP contribution in [0.15, 0.2) is 11.1 Å². The molecule has 0 amide bonds. The molecule has 0 aromatic carbocycles. The molecule has 0 N–H and O–H groups in total. The van der Waals surface area contributed by atoms with E-state index in [1.165, 1.54) is 5.57 Å². The van der Waals surface area contributed by atoms with Crippen LogP contribution < -0.4 is 0 Å². The van der Waals surface area contributed by atoms with Gasteiger partial charge >= 0.3 is 5.97 Å². The molecular formula is C21H24O6. The summed E-state index contributed by atoms with van der Waals surface area (Å²) in [6, 6.07) is 0. The van der Waals surface area contributed by atoms with Crippen molar-refractivity contribution in [1.82, 2.24) is 0 Å². The molecule has 8 aliphatic rings. The van der Waals surface area contributed by atoms with Crippen molar-refractivity contribution in [3.05, 3.63) is 11.1 Å². The molecule has 27 heavy (non-hydrogen) atoms. The molecule has 0 radical (unpaired) electrons. The summed E-state index contributed by atoms with van der Waals surface area (Å²) in [5.41, 5.74) is 0.771. The van der Waals surface area contributed by atoms with Crippen molar-refractivity contribution in [3.63, 3.8) is 0 Å². The molecule has 0 unspecified atom stereocenters. The zero-order chi connectivity index (χ0) is 18.2. The number of fused-ring (bicyclic) bond motifs is 5. The molecule has 8 rings (SSSR count). The molecule has 5 heterocycles. The second-order valence-corrected chi connectivity index (χ2v) is 10.5. The van der Waals surface area contributed by atoms with Crippen LogP contribution in [0.2, 0.25) is 0 Å². The molecule has 0 bridgehead atoms. The summed E-state index contributed by atoms with van der Waals surface area (Å²) in [5, 5.41) is 0. The minimum absolute atomic E-state index is 0.0640. The number of epoxide rings is 4. The average Bonchev–Trinajstić information content (AvgIpc) is 3.43. The van der Waals surface area contributed by atoms with Crippen molar-refractivity contribution in [2.75, 3.05) is 13.2 Å². The van der Waals surface area contributed by atoms with Crippen molar-refractivity contribution in [2.24, 2.45) is 17.3 Å². The van der Waals surface area contributed by atoms with Gasteiger partial charge in [0.15, 0.2) is 11.2 Å². The summed E-state index contributed by atoms with van der Waals surface area (Å²) in [6.07, 6.45) is 3.00. The van der Waals surface area contributed by atoms with Gasteiger partial charge in [-0.05, 0) is 36.7 Å². The molecule has 3 aliphatic carbocycles. The van der Waals surface area contributed by atoms with Gasteiger partial charge in [0.05, 0.1) is 12.7 Å². The highest BCUT2D eigenvalue weighted by Crippen LogP contribution is 2.87. The molecule has 6 fully saturated rings. The van der Waals surface area contributed by atoms with Gasteiger partial charge in [-0.2, -0.15) is 0 Å². The number of cyclic esters (lactones) is 1. The summed E-state index contributed by atoms with van der Waals surface area (Å²) in [5.74, 6) is 0.555. The fourth-order valence-corrected chi connectivity index (χ4v) is 8.56. The number of hydrogen-bond donors (Lipinski definition) is 0. The number of esters is 1. The zero-order valence-electron chi connectivity index (χ0n) is 15.9. The van der Waals surface area contributed by atoms with E-state index in [4.69, 9.17) is 23.7 Å². The van der Waals surface area contributed by atoms with E-state index in [-0.39, 0.29) is 52.1 Å². The van der Waals surface area contributed by atoms with E-state index in [9.17, 15) is 4.79 Å². The Bertz CT molecular complexity index is 889. The number of ether oxygens (including phenoxy) is 5. The van der Waals surface area contributed by atoms with Crippen LogP contribution in [0, 0.1) is 17.3 Å². The Balaban J connectivity index is 1.33. The van der Waals surface area contributed by atoms with Crippen molar-refractivity contribution in [3.8, 4) is 0 Å². The van der Waals surface area contributed by atoms with Gasteiger partial charge in [0.25, 0.3) is 0 Å². The van der Waals surface area contributed by atoms with Crippen LogP contribution in [-0.4, -0.2) is 59.9 Å². The third kappa shape index (κ3) is 1.10. The number of carbonyl (C=O) groups excluding carboxylic acids is 1. The highest BCUT2D eigenvalue weighted by molar-refractivity contribution is 5.92. The van der Waals surface area contributed by atoms with Gasteiger partial charge in [0.2, 0.25) is 0 Å². The van der Waals surface area contributed by atoms with Crippen molar-refractivity contribution in [1.29, 1.82) is 0 Å². The van der Waals surface area contributed by atoms with Crippen LogP contribution >= 0.6 is 0 Å². The molecule has 2 saturated carbocycles. The lowest BCUT2D eigenvalue weighted by atomic mass is 9.45. The molecule has 4 saturated heterocycles. The molecule has 9 atom stereocenters. The summed E-state index contributed by atoms with van der Waals surface area (Å²) in [7, 11) is 0. The fourth-order valence-electron chi connectivity index (χ4n) is 8.56. The van der Waals surface area contributed by atoms with E-state index in [1.54, 1.807) is 0 Å². The van der Waals surface area contributed by atoms with Gasteiger partial charge in [-0.1, -0.05) is 20.8 Å². The number of hydrogen-bond acceptors (Lipinski definition) is 6. The Morgan fingerprint density at radius 1 is 1.11 bits per heavy atom. The Kier molecular flexibility index (Phi) is 2.02. The van der Waals surface area contributed by atoms with E-state index in [1.807, 2.05) is 0 Å². The van der Waals surface area contributed by atoms with Gasteiger partial charge in [-0.25, -0.2) is 4.79 Å². The van der Waals surface area contributed by atoms with Gasteiger partial charge in [0, 0.05) is 11.0 Å². The zero-order valence-corrected chi connectivity index (χ0v) is 15.9. The minimum atomic E-state index is -0.366. The highest BCUT2D eigenvalue weighted by atomic mass is 16.8. The van der Waals surface area contributed by atoms with Crippen molar-refractivity contribution >= 4 is 5.97 Å². The number of rotatable bonds is 1. The maximum Gasteiger partial charge on any atom is 0.334 e. The van der Waals surface area contributed by atoms with Crippen LogP contribution in [0.4, 0.5) is 0 Å². The molecule has 6 heteroatoms. The summed E-state index contributed by atoms with van der Waals surface area (Å²) in [6.45, 7) is 8.00. The van der Waals surface area contributed by atoms with Crippen molar-refractivity contribution < 1.29 is 28.5 Å². The van der Waals surface area contributed by atoms with Crippen LogP contribution in [0.25, 0.3) is 0 Å². The topological polar surface area (TPSA) is 76.4 Å². The molecule has 5 aliphatic heterocycles. The monoisotopic (exact) mass is 372 g/mol. The Morgan fingerprint density at radius 3 is 2.67 bits per heavy atom. The third-order valence-corrected chi connectivity index (χ3v) is 9.79. The molecule has 0 aromatic heterocycles. The van der Waals surface area contributed by atoms with Crippen LogP contribution in [0.5, 0.6) is 0 Å². The molecule has 3 spiro atoms. The van der Waals surface area contributed by atoms with Crippen LogP contribution in [-0.2, 0) is 28.5 Å². The summed E-state index contributed by atoms with van der Waals surface area (Å²) in [4.78, 5) is 12.2. The lowest BCUT2D eigenvalue weighted by molar-refractivity contribution is -0.136. The normalized spacial score (nSPS) is 65.6. The predicted molar refractivity (Wildman–Crippen MR) is 89.8 cm³/mol. The number of carbonyl (C=O) groups is 1. The van der Waals surface area contributed by atoms with Crippen LogP contribution in [0.1, 0.15) is 40.0 Å². The molecule has 144 valence electrons. The standard InChI is InChI=1S/C21H24O6/c1-9(2)19-14(26-19)15-21(27-15)17(3)5-4-10-11(7-23-16(10)22)12(17)6-13-20(21,25-13)18(19)8-24-18/h9,12-15H,4-8H2,1-3H3/t12-,13-,14-,15-,17-,18-,19-,20+,21+/m0/s1. The molecule has 0 aromatic rings. The van der Waals surface area contributed by atoms with E-state index in [0.717, 1.165) is 24.8 Å². The van der Waals surface area contributed by atoms with Gasteiger partial charge < -0.3 is 23.7 Å². The first kappa shape index (κ1) is 15.0. The second kappa shape index (κ2) is 3.64. The highest BCUT2D eigenvalue weighted by Gasteiger charge is 3.07. The molecule has 6 nitrogen and oxygen atoms in total. The smallest absolute Gasteiger partial charge is 0.334 e. The van der Waals surface area contributed by atoms with Gasteiger partial charge in [-0.15, -0.1) is 0 Å². The minimum Gasteiger partial charge on any atom is -0.458 e. The molecular weight excluding hydrogens is 348 g/mol. The Labute approximate surface area is 157 Å². The SMILES string of the molecule is CC(C)[C@]12O[C@H]1[C@@H]1O[C@]13[C@]1(O[C@H]1C[C@H]1C4=C(CC[C@@]13C)C(=O)OC4)[C@]21CO1. The average molecular weight is 372 g/mol. The van der Waals surface area contributed by atoms with E-state index in [0.29, 0.717) is 25.0 Å². The lowest BCUT2D eigenvalue weighted by Gasteiger charge is -2.53. The fraction of sp³-hybridized carbons (Fsp3) is 0.857. The second-order valence-electron chi connectivity index (χ2n) is 10.5. The first-order valence-electron chi connectivity index (χ1n) is 10.5. The Hall–Kier alpha value is -0.950. The first-order valence-corrected chi connectivity index (χ1v) is 10.5. The van der Waals surface area contributed by atoms with Gasteiger partial charge in [-0.3, -0.25) is 0 Å². The third-order valence-electron chi connectivity index (χ3n) is 9.79. The van der Waals surface area contributed by atoms with Crippen molar-refractivity contribution in [2.45, 2.75) is 80.7 Å². The predicted octanol–water partition coefficient (Wildman–Crippen LogP) is 1.51. The first-order chi connectivity index (χ1) is 12.9. The summed E-state index contributed by atoms with van der Waals surface area (Å²) >= 11 is 0. The maximum atomic E-state index is 12.2. The van der Waals surface area contributed by atoms with Gasteiger partial charge in [0.1, 0.15) is 30.0 Å². The van der Waals surface area contributed by atoms with Crippen LogP contribution in [0.3, 0.4) is 0 Å². The summed E-state index contributed by atoms with van der Waals surface area (Å²) < 4.78 is 31.4. The quantitative estimate of drug-likeness (QED) is 0.513. The van der Waals surface area contributed by atoms with E-state index >= 15 is 0 Å². The van der Waals surface area contributed by atoms with E-state index in [2.05, 4.69) is 20.8 Å². The largest absolute Gasteiger partial charge is 0.458 e. The maximum absolute atomic E-state index is 12.2. The van der Waals surface area contributed by atoms with E-state index < -0.39 is 0 Å². The Morgan fingerprint density at radius 2 is 1.93 bits per heavy atom.